The Morgan fingerprint density at radius 1 is 1.30 bits per heavy atom. The van der Waals surface area contributed by atoms with E-state index < -0.39 is 5.97 Å². The molecule has 1 aromatic carbocycles. The number of hydrogen-bond donors (Lipinski definition) is 1. The fourth-order valence-electron chi connectivity index (χ4n) is 2.12. The highest BCUT2D eigenvalue weighted by Crippen LogP contribution is 2.26. The lowest BCUT2D eigenvalue weighted by Crippen LogP contribution is -2.52. The molecule has 0 atom stereocenters. The van der Waals surface area contributed by atoms with E-state index in [1.807, 2.05) is 6.07 Å². The van der Waals surface area contributed by atoms with Gasteiger partial charge in [0.15, 0.2) is 18.1 Å². The normalized spacial score (nSPS) is 14.6. The predicted molar refractivity (Wildman–Crippen MR) is 70.8 cm³/mol. The molecule has 0 aliphatic carbocycles. The van der Waals surface area contributed by atoms with Crippen LogP contribution in [0.15, 0.2) is 24.3 Å². The molecule has 1 amide bonds. The van der Waals surface area contributed by atoms with E-state index in [0.717, 1.165) is 0 Å². The van der Waals surface area contributed by atoms with Crippen molar-refractivity contribution in [2.75, 3.05) is 26.8 Å². The van der Waals surface area contributed by atoms with Gasteiger partial charge in [0.05, 0.1) is 13.5 Å². The van der Waals surface area contributed by atoms with E-state index in [-0.39, 0.29) is 24.9 Å². The van der Waals surface area contributed by atoms with E-state index in [9.17, 15) is 9.59 Å². The minimum absolute atomic E-state index is 0.0581. The molecule has 108 valence electrons. The number of benzene rings is 1. The van der Waals surface area contributed by atoms with Crippen LogP contribution >= 0.6 is 0 Å². The third-order valence-corrected chi connectivity index (χ3v) is 3.19. The van der Waals surface area contributed by atoms with Crippen LogP contribution in [0.25, 0.3) is 0 Å². The van der Waals surface area contributed by atoms with Crippen molar-refractivity contribution >= 4 is 11.9 Å². The Balaban J connectivity index is 1.78. The van der Waals surface area contributed by atoms with Crippen molar-refractivity contribution in [2.24, 2.45) is 5.92 Å². The first-order chi connectivity index (χ1) is 9.60. The number of carbonyl (C=O) groups excluding carboxylic acids is 1. The number of carboxylic acid groups (broad SMARTS) is 1. The predicted octanol–water partition coefficient (Wildman–Crippen LogP) is 1.01. The molecule has 1 saturated heterocycles. The van der Waals surface area contributed by atoms with E-state index in [4.69, 9.17) is 14.6 Å². The Labute approximate surface area is 116 Å². The summed E-state index contributed by atoms with van der Waals surface area (Å²) in [5, 5.41) is 8.64. The largest absolute Gasteiger partial charge is 0.493 e. The molecule has 0 bridgehead atoms. The molecular weight excluding hydrogens is 262 g/mol. The molecule has 1 fully saturated rings. The van der Waals surface area contributed by atoms with Crippen LogP contribution in [-0.4, -0.2) is 48.7 Å². The van der Waals surface area contributed by atoms with Crippen molar-refractivity contribution in [3.8, 4) is 11.5 Å². The zero-order valence-corrected chi connectivity index (χ0v) is 11.2. The lowest BCUT2D eigenvalue weighted by molar-refractivity contribution is -0.146. The van der Waals surface area contributed by atoms with E-state index in [1.165, 1.54) is 7.11 Å². The van der Waals surface area contributed by atoms with Gasteiger partial charge < -0.3 is 19.5 Å². The van der Waals surface area contributed by atoms with E-state index in [1.54, 1.807) is 23.1 Å². The lowest BCUT2D eigenvalue weighted by atomic mass is 9.96. The van der Waals surface area contributed by atoms with Gasteiger partial charge in [0.25, 0.3) is 5.91 Å². The first-order valence-corrected chi connectivity index (χ1v) is 6.35. The fraction of sp³-hybridized carbons (Fsp3) is 0.429. The number of carboxylic acids is 1. The zero-order chi connectivity index (χ0) is 14.5. The molecule has 1 aromatic rings. The molecule has 1 heterocycles. The second-order valence-corrected chi connectivity index (χ2v) is 4.70. The van der Waals surface area contributed by atoms with Crippen LogP contribution in [0.5, 0.6) is 11.5 Å². The maximum absolute atomic E-state index is 11.8. The summed E-state index contributed by atoms with van der Waals surface area (Å²) in [6.07, 6.45) is 0.108. The summed E-state index contributed by atoms with van der Waals surface area (Å²) in [7, 11) is 1.54. The van der Waals surface area contributed by atoms with Crippen LogP contribution in [0.3, 0.4) is 0 Å². The van der Waals surface area contributed by atoms with E-state index in [0.29, 0.717) is 24.6 Å². The summed E-state index contributed by atoms with van der Waals surface area (Å²) in [6, 6.07) is 7.11. The standard InChI is InChI=1S/C14H17NO5/c1-19-11-4-2-3-5-12(11)20-9-13(16)15-7-10(8-15)6-14(17)18/h2-5,10H,6-9H2,1H3,(H,17,18). The van der Waals surface area contributed by atoms with Crippen LogP contribution in [0, 0.1) is 5.92 Å². The van der Waals surface area contributed by atoms with Crippen molar-refractivity contribution in [1.29, 1.82) is 0 Å². The smallest absolute Gasteiger partial charge is 0.303 e. The van der Waals surface area contributed by atoms with Gasteiger partial charge in [-0.2, -0.15) is 0 Å². The van der Waals surface area contributed by atoms with Crippen LogP contribution in [0.1, 0.15) is 6.42 Å². The fourth-order valence-corrected chi connectivity index (χ4v) is 2.12. The van der Waals surface area contributed by atoms with Gasteiger partial charge in [-0.25, -0.2) is 0 Å². The molecule has 6 heteroatoms. The third kappa shape index (κ3) is 3.40. The number of aliphatic carboxylic acids is 1. The van der Waals surface area contributed by atoms with Gasteiger partial charge in [0.1, 0.15) is 0 Å². The summed E-state index contributed by atoms with van der Waals surface area (Å²) < 4.78 is 10.6. The van der Waals surface area contributed by atoms with Crippen LogP contribution in [0.2, 0.25) is 0 Å². The van der Waals surface area contributed by atoms with E-state index in [2.05, 4.69) is 0 Å². The number of ether oxygens (including phenoxy) is 2. The molecule has 0 saturated carbocycles. The summed E-state index contributed by atoms with van der Waals surface area (Å²) in [4.78, 5) is 24.0. The van der Waals surface area contributed by atoms with Gasteiger partial charge in [0.2, 0.25) is 0 Å². The van der Waals surface area contributed by atoms with Crippen molar-refractivity contribution in [1.82, 2.24) is 4.90 Å². The molecule has 20 heavy (non-hydrogen) atoms. The number of rotatable bonds is 6. The molecule has 0 spiro atoms. The Kier molecular flexibility index (Phi) is 4.45. The quantitative estimate of drug-likeness (QED) is 0.841. The molecular formula is C14H17NO5. The highest BCUT2D eigenvalue weighted by Gasteiger charge is 2.32. The maximum Gasteiger partial charge on any atom is 0.303 e. The van der Waals surface area contributed by atoms with Crippen molar-refractivity contribution in [2.45, 2.75) is 6.42 Å². The number of hydrogen-bond acceptors (Lipinski definition) is 4. The van der Waals surface area contributed by atoms with Crippen LogP contribution in [0.4, 0.5) is 0 Å². The van der Waals surface area contributed by atoms with Crippen molar-refractivity contribution in [3.63, 3.8) is 0 Å². The molecule has 0 radical (unpaired) electrons. The Morgan fingerprint density at radius 2 is 1.95 bits per heavy atom. The first-order valence-electron chi connectivity index (χ1n) is 6.35. The van der Waals surface area contributed by atoms with Gasteiger partial charge in [-0.1, -0.05) is 12.1 Å². The zero-order valence-electron chi connectivity index (χ0n) is 11.2. The van der Waals surface area contributed by atoms with Crippen LogP contribution < -0.4 is 9.47 Å². The Hall–Kier alpha value is -2.24. The monoisotopic (exact) mass is 279 g/mol. The highest BCUT2D eigenvalue weighted by atomic mass is 16.5. The number of amides is 1. The molecule has 1 aliphatic heterocycles. The van der Waals surface area contributed by atoms with Gasteiger partial charge in [-0.05, 0) is 12.1 Å². The first kappa shape index (κ1) is 14.2. The molecule has 0 unspecified atom stereocenters. The molecule has 1 N–H and O–H groups in total. The number of likely N-dealkylation sites (tertiary alicyclic amines) is 1. The van der Waals surface area contributed by atoms with Crippen molar-refractivity contribution < 1.29 is 24.2 Å². The summed E-state index contributed by atoms with van der Waals surface area (Å²) in [5.41, 5.74) is 0. The average molecular weight is 279 g/mol. The molecule has 1 aliphatic rings. The SMILES string of the molecule is COc1ccccc1OCC(=O)N1CC(CC(=O)O)C1. The van der Waals surface area contributed by atoms with Gasteiger partial charge >= 0.3 is 5.97 Å². The topological polar surface area (TPSA) is 76.1 Å². The van der Waals surface area contributed by atoms with Gasteiger partial charge in [-0.15, -0.1) is 0 Å². The second-order valence-electron chi connectivity index (χ2n) is 4.70. The Bertz CT molecular complexity index is 496. The molecule has 2 rings (SSSR count). The minimum atomic E-state index is -0.827. The summed E-state index contributed by atoms with van der Waals surface area (Å²) >= 11 is 0. The molecule has 0 aromatic heterocycles. The number of carbonyl (C=O) groups is 2. The van der Waals surface area contributed by atoms with E-state index >= 15 is 0 Å². The highest BCUT2D eigenvalue weighted by molar-refractivity contribution is 5.79. The second kappa shape index (κ2) is 6.27. The number of nitrogens with zero attached hydrogens (tertiary/aromatic N) is 1. The average Bonchev–Trinajstić information content (AvgIpc) is 2.39. The number of methoxy groups -OCH3 is 1. The number of para-hydroxylation sites is 2. The minimum Gasteiger partial charge on any atom is -0.493 e. The van der Waals surface area contributed by atoms with Crippen molar-refractivity contribution in [3.05, 3.63) is 24.3 Å². The lowest BCUT2D eigenvalue weighted by Gasteiger charge is -2.38. The third-order valence-electron chi connectivity index (χ3n) is 3.19. The maximum atomic E-state index is 11.8. The van der Waals surface area contributed by atoms with Gasteiger partial charge in [-0.3, -0.25) is 9.59 Å². The van der Waals surface area contributed by atoms with Crippen LogP contribution in [-0.2, 0) is 9.59 Å². The summed E-state index contributed by atoms with van der Waals surface area (Å²) in [6.45, 7) is 0.904. The summed E-state index contributed by atoms with van der Waals surface area (Å²) in [5.74, 6) is 0.186. The molecule has 6 nitrogen and oxygen atoms in total. The van der Waals surface area contributed by atoms with Gasteiger partial charge in [0, 0.05) is 19.0 Å². The Morgan fingerprint density at radius 3 is 2.55 bits per heavy atom.